The van der Waals surface area contributed by atoms with E-state index in [0.29, 0.717) is 5.92 Å². The second-order valence-corrected chi connectivity index (χ2v) is 7.17. The lowest BCUT2D eigenvalue weighted by atomic mass is 9.85. The molecule has 1 aromatic rings. The summed E-state index contributed by atoms with van der Waals surface area (Å²) in [5.41, 5.74) is -0.660. The predicted molar refractivity (Wildman–Crippen MR) is 92.0 cm³/mol. The van der Waals surface area contributed by atoms with Crippen LogP contribution in [0.4, 0.5) is 8.78 Å². The van der Waals surface area contributed by atoms with E-state index in [1.807, 2.05) is 0 Å². The first-order valence-corrected chi connectivity index (χ1v) is 8.86. The van der Waals surface area contributed by atoms with Gasteiger partial charge in [0.2, 0.25) is 5.91 Å². The molecular formula is C19H26F2N2O2. The van der Waals surface area contributed by atoms with Gasteiger partial charge < -0.3 is 10.6 Å². The van der Waals surface area contributed by atoms with E-state index in [2.05, 4.69) is 17.6 Å². The Bertz CT molecular complexity index is 614. The van der Waals surface area contributed by atoms with Crippen molar-refractivity contribution in [2.24, 2.45) is 11.8 Å². The van der Waals surface area contributed by atoms with E-state index >= 15 is 0 Å². The smallest absolute Gasteiger partial charge is 0.257 e. The van der Waals surface area contributed by atoms with Crippen LogP contribution in [0.15, 0.2) is 18.2 Å². The van der Waals surface area contributed by atoms with Gasteiger partial charge in [0.25, 0.3) is 5.91 Å². The molecule has 1 aliphatic carbocycles. The normalized spacial score (nSPS) is 21.7. The molecule has 0 saturated heterocycles. The first kappa shape index (κ1) is 19.3. The molecule has 0 heterocycles. The molecule has 1 saturated carbocycles. The molecule has 0 aliphatic heterocycles. The fourth-order valence-corrected chi connectivity index (χ4v) is 3.27. The number of carbonyl (C=O) groups excluding carboxylic acids is 2. The van der Waals surface area contributed by atoms with Crippen molar-refractivity contribution >= 4 is 11.8 Å². The number of halogens is 2. The molecule has 3 unspecified atom stereocenters. The van der Waals surface area contributed by atoms with Crippen molar-refractivity contribution in [1.82, 2.24) is 10.6 Å². The van der Waals surface area contributed by atoms with Crippen molar-refractivity contribution in [2.45, 2.75) is 58.5 Å². The quantitative estimate of drug-likeness (QED) is 0.853. The van der Waals surface area contributed by atoms with Crippen molar-refractivity contribution in [3.63, 3.8) is 0 Å². The fraction of sp³-hybridized carbons (Fsp3) is 0.579. The largest absolute Gasteiger partial charge is 0.351 e. The molecule has 1 aliphatic rings. The van der Waals surface area contributed by atoms with Gasteiger partial charge in [0.05, 0.1) is 0 Å². The zero-order valence-corrected chi connectivity index (χ0v) is 14.9. The minimum absolute atomic E-state index is 0.0737. The number of carbonyl (C=O) groups is 2. The first-order valence-electron chi connectivity index (χ1n) is 8.86. The van der Waals surface area contributed by atoms with Gasteiger partial charge in [0, 0.05) is 6.04 Å². The van der Waals surface area contributed by atoms with Crippen LogP contribution in [0.1, 0.15) is 56.8 Å². The van der Waals surface area contributed by atoms with Crippen molar-refractivity contribution < 1.29 is 18.4 Å². The topological polar surface area (TPSA) is 58.2 Å². The van der Waals surface area contributed by atoms with E-state index < -0.39 is 29.1 Å². The first-order chi connectivity index (χ1) is 11.8. The summed E-state index contributed by atoms with van der Waals surface area (Å²) in [6.45, 7) is 5.67. The van der Waals surface area contributed by atoms with E-state index in [4.69, 9.17) is 0 Å². The molecule has 0 bridgehead atoms. The summed E-state index contributed by atoms with van der Waals surface area (Å²) in [6, 6.07) is 2.46. The van der Waals surface area contributed by atoms with Crippen molar-refractivity contribution in [1.29, 1.82) is 0 Å². The molecule has 1 fully saturated rings. The SMILES string of the molecule is CC(C)C(NC(=O)c1c(F)cccc1F)C(=O)NC1CCCCC1C. The van der Waals surface area contributed by atoms with E-state index in [9.17, 15) is 18.4 Å². The van der Waals surface area contributed by atoms with Crippen molar-refractivity contribution in [2.75, 3.05) is 0 Å². The highest BCUT2D eigenvalue weighted by Crippen LogP contribution is 2.24. The Labute approximate surface area is 147 Å². The molecule has 6 heteroatoms. The molecule has 0 aromatic heterocycles. The Balaban J connectivity index is 2.09. The van der Waals surface area contributed by atoms with Crippen LogP contribution in [0.25, 0.3) is 0 Å². The van der Waals surface area contributed by atoms with Gasteiger partial charge in [-0.25, -0.2) is 8.78 Å². The van der Waals surface area contributed by atoms with Gasteiger partial charge in [-0.05, 0) is 36.8 Å². The number of amides is 2. The lowest BCUT2D eigenvalue weighted by Gasteiger charge is -2.32. The third-order valence-electron chi connectivity index (χ3n) is 4.86. The molecule has 0 radical (unpaired) electrons. The van der Waals surface area contributed by atoms with Crippen LogP contribution >= 0.6 is 0 Å². The van der Waals surface area contributed by atoms with E-state index in [-0.39, 0.29) is 17.9 Å². The van der Waals surface area contributed by atoms with Crippen molar-refractivity contribution in [3.8, 4) is 0 Å². The zero-order valence-electron chi connectivity index (χ0n) is 14.9. The van der Waals surface area contributed by atoms with Gasteiger partial charge in [-0.1, -0.05) is 39.7 Å². The molecule has 4 nitrogen and oxygen atoms in total. The highest BCUT2D eigenvalue weighted by atomic mass is 19.1. The summed E-state index contributed by atoms with van der Waals surface area (Å²) in [5, 5.41) is 5.48. The van der Waals surface area contributed by atoms with Gasteiger partial charge in [0.1, 0.15) is 23.2 Å². The van der Waals surface area contributed by atoms with Crippen LogP contribution in [0.5, 0.6) is 0 Å². The maximum absolute atomic E-state index is 13.8. The van der Waals surface area contributed by atoms with Gasteiger partial charge >= 0.3 is 0 Å². The summed E-state index contributed by atoms with van der Waals surface area (Å²) in [4.78, 5) is 24.9. The molecule has 2 rings (SSSR count). The Morgan fingerprint density at radius 3 is 2.28 bits per heavy atom. The van der Waals surface area contributed by atoms with Crippen molar-refractivity contribution in [3.05, 3.63) is 35.4 Å². The lowest BCUT2D eigenvalue weighted by Crippen LogP contribution is -2.53. The molecule has 25 heavy (non-hydrogen) atoms. The van der Waals surface area contributed by atoms with Crippen LogP contribution in [-0.4, -0.2) is 23.9 Å². The zero-order chi connectivity index (χ0) is 18.6. The van der Waals surface area contributed by atoms with Gasteiger partial charge in [-0.3, -0.25) is 9.59 Å². The molecule has 2 amide bonds. The minimum atomic E-state index is -0.943. The summed E-state index contributed by atoms with van der Waals surface area (Å²) in [5.74, 6) is -2.94. The average molecular weight is 352 g/mol. The van der Waals surface area contributed by atoms with Crippen LogP contribution in [0.3, 0.4) is 0 Å². The number of hydrogen-bond donors (Lipinski definition) is 2. The number of hydrogen-bond acceptors (Lipinski definition) is 2. The molecule has 3 atom stereocenters. The monoisotopic (exact) mass is 352 g/mol. The molecule has 138 valence electrons. The Hall–Kier alpha value is -1.98. The van der Waals surface area contributed by atoms with Gasteiger partial charge in [-0.15, -0.1) is 0 Å². The highest BCUT2D eigenvalue weighted by molar-refractivity contribution is 5.98. The van der Waals surface area contributed by atoms with Crippen LogP contribution in [-0.2, 0) is 4.79 Å². The lowest BCUT2D eigenvalue weighted by molar-refractivity contribution is -0.125. The van der Waals surface area contributed by atoms with Gasteiger partial charge in [-0.2, -0.15) is 0 Å². The molecular weight excluding hydrogens is 326 g/mol. The summed E-state index contributed by atoms with van der Waals surface area (Å²) < 4.78 is 27.6. The maximum Gasteiger partial charge on any atom is 0.257 e. The Kier molecular flexibility index (Phi) is 6.51. The standard InChI is InChI=1S/C19H26F2N2O2/c1-11(2)17(19(25)22-15-10-5-4-7-12(15)3)23-18(24)16-13(20)8-6-9-14(16)21/h6,8-9,11-12,15,17H,4-5,7,10H2,1-3H3,(H,22,25)(H,23,24). The van der Waals surface area contributed by atoms with Gasteiger partial charge in [0.15, 0.2) is 0 Å². The summed E-state index contributed by atoms with van der Waals surface area (Å²) >= 11 is 0. The third kappa shape index (κ3) is 4.77. The Morgan fingerprint density at radius 2 is 1.72 bits per heavy atom. The van der Waals surface area contributed by atoms with Crippen LogP contribution in [0, 0.1) is 23.5 Å². The number of nitrogens with one attached hydrogen (secondary N) is 2. The predicted octanol–water partition coefficient (Wildman–Crippen LogP) is 3.41. The molecule has 0 spiro atoms. The van der Waals surface area contributed by atoms with E-state index in [1.165, 1.54) is 6.07 Å². The summed E-state index contributed by atoms with van der Waals surface area (Å²) in [6.07, 6.45) is 4.19. The second-order valence-electron chi connectivity index (χ2n) is 7.17. The molecule has 2 N–H and O–H groups in total. The van der Waals surface area contributed by atoms with Crippen LogP contribution < -0.4 is 10.6 Å². The summed E-state index contributed by atoms with van der Waals surface area (Å²) in [7, 11) is 0. The van der Waals surface area contributed by atoms with E-state index in [1.54, 1.807) is 13.8 Å². The van der Waals surface area contributed by atoms with E-state index in [0.717, 1.165) is 37.8 Å². The maximum atomic E-state index is 13.8. The number of rotatable bonds is 5. The second kappa shape index (κ2) is 8.41. The minimum Gasteiger partial charge on any atom is -0.351 e. The van der Waals surface area contributed by atoms with Crippen LogP contribution in [0.2, 0.25) is 0 Å². The number of benzene rings is 1. The Morgan fingerprint density at radius 1 is 1.12 bits per heavy atom. The average Bonchev–Trinajstić information content (AvgIpc) is 2.54. The molecule has 1 aromatic carbocycles. The third-order valence-corrected chi connectivity index (χ3v) is 4.86. The fourth-order valence-electron chi connectivity index (χ4n) is 3.27. The highest BCUT2D eigenvalue weighted by Gasteiger charge is 2.30.